The van der Waals surface area contributed by atoms with Crippen LogP contribution in [0.5, 0.6) is 0 Å². The fourth-order valence-electron chi connectivity index (χ4n) is 1.35. The lowest BCUT2D eigenvalue weighted by Crippen LogP contribution is -2.20. The molecule has 2 nitrogen and oxygen atoms in total. The van der Waals surface area contributed by atoms with Gasteiger partial charge in [-0.1, -0.05) is 23.7 Å². The summed E-state index contributed by atoms with van der Waals surface area (Å²) in [5.41, 5.74) is 2.08. The van der Waals surface area contributed by atoms with Crippen LogP contribution < -0.4 is 5.32 Å². The van der Waals surface area contributed by atoms with Gasteiger partial charge >= 0.3 is 0 Å². The second kappa shape index (κ2) is 4.61. The molecule has 0 aliphatic heterocycles. The number of hydrogen-bond acceptors (Lipinski definition) is 2. The Bertz CT molecular complexity index is 284. The lowest BCUT2D eigenvalue weighted by Gasteiger charge is -2.16. The standard InChI is InChI=1S/C10H14ClNO/c1-7-8(10(6-13)12-2)4-3-5-9(7)11/h3-5,10,12-13H,6H2,1-2H3. The SMILES string of the molecule is CNC(CO)c1cccc(Cl)c1C. The number of halogens is 1. The van der Waals surface area contributed by atoms with Crippen LogP contribution in [0.4, 0.5) is 0 Å². The van der Waals surface area contributed by atoms with Crippen molar-refractivity contribution in [1.82, 2.24) is 5.32 Å². The smallest absolute Gasteiger partial charge is 0.0626 e. The molecule has 1 unspecified atom stereocenters. The maximum atomic E-state index is 9.09. The topological polar surface area (TPSA) is 32.3 Å². The van der Waals surface area contributed by atoms with Crippen LogP contribution in [0.25, 0.3) is 0 Å². The number of nitrogens with one attached hydrogen (secondary N) is 1. The molecule has 0 spiro atoms. The molecule has 13 heavy (non-hydrogen) atoms. The van der Waals surface area contributed by atoms with Gasteiger partial charge < -0.3 is 10.4 Å². The van der Waals surface area contributed by atoms with E-state index in [1.54, 1.807) is 0 Å². The van der Waals surface area contributed by atoms with Crippen molar-refractivity contribution in [3.05, 3.63) is 34.3 Å². The number of hydrogen-bond donors (Lipinski definition) is 2. The zero-order valence-corrected chi connectivity index (χ0v) is 8.60. The van der Waals surface area contributed by atoms with Crippen molar-refractivity contribution in [2.45, 2.75) is 13.0 Å². The average Bonchev–Trinajstić information content (AvgIpc) is 2.14. The van der Waals surface area contributed by atoms with Crippen LogP contribution in [0.1, 0.15) is 17.2 Å². The van der Waals surface area contributed by atoms with E-state index in [-0.39, 0.29) is 12.6 Å². The lowest BCUT2D eigenvalue weighted by molar-refractivity contribution is 0.250. The van der Waals surface area contributed by atoms with E-state index < -0.39 is 0 Å². The highest BCUT2D eigenvalue weighted by Gasteiger charge is 2.11. The number of benzene rings is 1. The minimum atomic E-state index is -0.0290. The summed E-state index contributed by atoms with van der Waals surface area (Å²) in [6.07, 6.45) is 0. The third-order valence-electron chi connectivity index (χ3n) is 2.22. The van der Waals surface area contributed by atoms with Gasteiger partial charge in [0, 0.05) is 5.02 Å². The summed E-state index contributed by atoms with van der Waals surface area (Å²) in [7, 11) is 1.82. The Morgan fingerprint density at radius 3 is 2.77 bits per heavy atom. The predicted octanol–water partition coefficient (Wildman–Crippen LogP) is 1.90. The van der Waals surface area contributed by atoms with Crippen molar-refractivity contribution in [2.24, 2.45) is 0 Å². The normalized spacial score (nSPS) is 12.9. The third-order valence-corrected chi connectivity index (χ3v) is 2.63. The zero-order chi connectivity index (χ0) is 9.84. The Balaban J connectivity index is 3.05. The van der Waals surface area contributed by atoms with Crippen molar-refractivity contribution in [1.29, 1.82) is 0 Å². The molecule has 2 N–H and O–H groups in total. The van der Waals surface area contributed by atoms with E-state index in [0.717, 1.165) is 16.1 Å². The first-order valence-corrected chi connectivity index (χ1v) is 4.61. The van der Waals surface area contributed by atoms with Gasteiger partial charge in [0.05, 0.1) is 12.6 Å². The van der Waals surface area contributed by atoms with E-state index in [1.165, 1.54) is 0 Å². The van der Waals surface area contributed by atoms with Gasteiger partial charge in [-0.25, -0.2) is 0 Å². The van der Waals surface area contributed by atoms with Gasteiger partial charge in [0.25, 0.3) is 0 Å². The van der Waals surface area contributed by atoms with Crippen molar-refractivity contribution in [3.63, 3.8) is 0 Å². The number of likely N-dealkylation sites (N-methyl/N-ethyl adjacent to an activating group) is 1. The molecule has 3 heteroatoms. The summed E-state index contributed by atoms with van der Waals surface area (Å²) in [6.45, 7) is 2.04. The molecular weight excluding hydrogens is 186 g/mol. The first-order valence-electron chi connectivity index (χ1n) is 4.23. The Kier molecular flexibility index (Phi) is 3.72. The van der Waals surface area contributed by atoms with Crippen molar-refractivity contribution in [2.75, 3.05) is 13.7 Å². The highest BCUT2D eigenvalue weighted by molar-refractivity contribution is 6.31. The fraction of sp³-hybridized carbons (Fsp3) is 0.400. The fourth-order valence-corrected chi connectivity index (χ4v) is 1.53. The van der Waals surface area contributed by atoms with Crippen molar-refractivity contribution in [3.8, 4) is 0 Å². The van der Waals surface area contributed by atoms with Gasteiger partial charge in [0.15, 0.2) is 0 Å². The second-order valence-corrected chi connectivity index (χ2v) is 3.39. The molecule has 0 bridgehead atoms. The molecule has 1 aromatic carbocycles. The predicted molar refractivity (Wildman–Crippen MR) is 55.1 cm³/mol. The molecule has 0 fully saturated rings. The number of rotatable bonds is 3. The molecule has 0 aliphatic rings. The number of aliphatic hydroxyl groups excluding tert-OH is 1. The van der Waals surface area contributed by atoms with Crippen LogP contribution in [0.3, 0.4) is 0 Å². The van der Waals surface area contributed by atoms with E-state index in [9.17, 15) is 0 Å². The van der Waals surface area contributed by atoms with Crippen molar-refractivity contribution < 1.29 is 5.11 Å². The maximum Gasteiger partial charge on any atom is 0.0626 e. The number of aliphatic hydroxyl groups is 1. The van der Waals surface area contributed by atoms with Gasteiger partial charge in [-0.2, -0.15) is 0 Å². The molecule has 72 valence electrons. The lowest BCUT2D eigenvalue weighted by atomic mass is 10.0. The van der Waals surface area contributed by atoms with Gasteiger partial charge in [-0.3, -0.25) is 0 Å². The summed E-state index contributed by atoms with van der Waals surface area (Å²) < 4.78 is 0. The first kappa shape index (κ1) is 10.5. The zero-order valence-electron chi connectivity index (χ0n) is 7.84. The quantitative estimate of drug-likeness (QED) is 0.780. The third kappa shape index (κ3) is 2.21. The van der Waals surface area contributed by atoms with Crippen LogP contribution >= 0.6 is 11.6 Å². The van der Waals surface area contributed by atoms with E-state index in [1.807, 2.05) is 32.2 Å². The van der Waals surface area contributed by atoms with E-state index in [4.69, 9.17) is 16.7 Å². The molecule has 1 rings (SSSR count). The van der Waals surface area contributed by atoms with Crippen LogP contribution in [0.2, 0.25) is 5.02 Å². The molecule has 0 radical (unpaired) electrons. The molecule has 0 heterocycles. The summed E-state index contributed by atoms with van der Waals surface area (Å²) >= 11 is 5.96. The Morgan fingerprint density at radius 2 is 2.23 bits per heavy atom. The monoisotopic (exact) mass is 199 g/mol. The Hall–Kier alpha value is -0.570. The summed E-state index contributed by atoms with van der Waals surface area (Å²) in [6, 6.07) is 5.69. The van der Waals surface area contributed by atoms with Gasteiger partial charge in [-0.15, -0.1) is 0 Å². The van der Waals surface area contributed by atoms with Gasteiger partial charge in [0.2, 0.25) is 0 Å². The van der Waals surface area contributed by atoms with E-state index >= 15 is 0 Å². The average molecular weight is 200 g/mol. The summed E-state index contributed by atoms with van der Waals surface area (Å²) in [4.78, 5) is 0. The van der Waals surface area contributed by atoms with Crippen LogP contribution in [-0.2, 0) is 0 Å². The largest absolute Gasteiger partial charge is 0.394 e. The Labute approximate surface area is 83.5 Å². The molecule has 0 saturated heterocycles. The summed E-state index contributed by atoms with van der Waals surface area (Å²) in [5, 5.41) is 12.9. The molecular formula is C10H14ClNO. The highest BCUT2D eigenvalue weighted by Crippen LogP contribution is 2.23. The van der Waals surface area contributed by atoms with Crippen LogP contribution in [0.15, 0.2) is 18.2 Å². The van der Waals surface area contributed by atoms with Crippen LogP contribution in [-0.4, -0.2) is 18.8 Å². The van der Waals surface area contributed by atoms with Gasteiger partial charge in [0.1, 0.15) is 0 Å². The molecule has 1 atom stereocenters. The van der Waals surface area contributed by atoms with Gasteiger partial charge in [-0.05, 0) is 31.2 Å². The van der Waals surface area contributed by atoms with Crippen molar-refractivity contribution >= 4 is 11.6 Å². The highest BCUT2D eigenvalue weighted by atomic mass is 35.5. The molecule has 0 saturated carbocycles. The summed E-state index contributed by atoms with van der Waals surface area (Å²) in [5.74, 6) is 0. The maximum absolute atomic E-state index is 9.09. The molecule has 0 aliphatic carbocycles. The first-order chi connectivity index (χ1) is 6.20. The molecule has 0 aromatic heterocycles. The minimum Gasteiger partial charge on any atom is -0.394 e. The second-order valence-electron chi connectivity index (χ2n) is 2.98. The molecule has 0 amide bonds. The molecule has 1 aromatic rings. The van der Waals surface area contributed by atoms with Crippen LogP contribution in [0, 0.1) is 6.92 Å². The van der Waals surface area contributed by atoms with E-state index in [2.05, 4.69) is 5.32 Å². The minimum absolute atomic E-state index is 0.0290. The Morgan fingerprint density at radius 1 is 1.54 bits per heavy atom. The van der Waals surface area contributed by atoms with E-state index in [0.29, 0.717) is 0 Å².